The Morgan fingerprint density at radius 2 is 1.88 bits per heavy atom. The lowest BCUT2D eigenvalue weighted by atomic mass is 10.1. The molecule has 0 spiro atoms. The summed E-state index contributed by atoms with van der Waals surface area (Å²) in [7, 11) is 3.41. The largest absolute Gasteiger partial charge is 0.488 e. The maximum absolute atomic E-state index is 12.6. The van der Waals surface area contributed by atoms with Crippen LogP contribution in [-0.4, -0.2) is 20.2 Å². The molecule has 0 heterocycles. The first kappa shape index (κ1) is 12.1. The second kappa shape index (κ2) is 4.13. The van der Waals surface area contributed by atoms with Gasteiger partial charge in [-0.15, -0.1) is 0 Å². The zero-order valence-corrected chi connectivity index (χ0v) is 9.71. The molecule has 1 aromatic carbocycles. The van der Waals surface area contributed by atoms with Gasteiger partial charge >= 0.3 is 6.18 Å². The second-order valence-corrected chi connectivity index (χ2v) is 4.39. The third-order valence-electron chi connectivity index (χ3n) is 2.59. The molecule has 94 valence electrons. The Morgan fingerprint density at radius 3 is 2.35 bits per heavy atom. The number of ether oxygens (including phenoxy) is 1. The first-order valence-electron chi connectivity index (χ1n) is 5.43. The summed E-state index contributed by atoms with van der Waals surface area (Å²) in [6.45, 7) is 0. The van der Waals surface area contributed by atoms with Crippen molar-refractivity contribution in [3.8, 4) is 5.75 Å². The molecule has 0 atom stereocenters. The Labute approximate surface area is 98.0 Å². The molecule has 1 fully saturated rings. The van der Waals surface area contributed by atoms with E-state index in [1.807, 2.05) is 0 Å². The van der Waals surface area contributed by atoms with E-state index in [4.69, 9.17) is 4.74 Å². The topological polar surface area (TPSA) is 12.5 Å². The Bertz CT molecular complexity index is 411. The first-order chi connectivity index (χ1) is 7.88. The average molecular weight is 245 g/mol. The Balaban J connectivity index is 2.33. The summed E-state index contributed by atoms with van der Waals surface area (Å²) in [6, 6.07) is 3.58. The van der Waals surface area contributed by atoms with Gasteiger partial charge in [0.15, 0.2) is 0 Å². The zero-order chi connectivity index (χ0) is 12.6. The van der Waals surface area contributed by atoms with Crippen molar-refractivity contribution in [3.63, 3.8) is 0 Å². The molecule has 0 bridgehead atoms. The number of rotatable bonds is 3. The van der Waals surface area contributed by atoms with Gasteiger partial charge in [0.1, 0.15) is 5.75 Å². The molecule has 1 aliphatic carbocycles. The van der Waals surface area contributed by atoms with Crippen molar-refractivity contribution in [2.75, 3.05) is 19.0 Å². The predicted octanol–water partition coefficient (Wildman–Crippen LogP) is 3.31. The zero-order valence-electron chi connectivity index (χ0n) is 9.71. The average Bonchev–Trinajstić information content (AvgIpc) is 3.00. The number of benzene rings is 1. The molecule has 0 aromatic heterocycles. The highest BCUT2D eigenvalue weighted by Crippen LogP contribution is 2.38. The van der Waals surface area contributed by atoms with Gasteiger partial charge in [-0.25, -0.2) is 0 Å². The van der Waals surface area contributed by atoms with Crippen LogP contribution >= 0.6 is 0 Å². The molecule has 1 saturated carbocycles. The van der Waals surface area contributed by atoms with Crippen molar-refractivity contribution < 1.29 is 17.9 Å². The molecule has 1 aromatic rings. The lowest BCUT2D eigenvalue weighted by Crippen LogP contribution is -2.14. The van der Waals surface area contributed by atoms with Crippen LogP contribution in [0.25, 0.3) is 0 Å². The van der Waals surface area contributed by atoms with Crippen LogP contribution in [0.1, 0.15) is 18.4 Å². The fourth-order valence-corrected chi connectivity index (χ4v) is 1.51. The molecule has 0 N–H and O–H groups in total. The SMILES string of the molecule is CN(C)c1cc(C(F)(F)F)ccc1OC1CC1. The van der Waals surface area contributed by atoms with Crippen molar-refractivity contribution in [1.82, 2.24) is 0 Å². The van der Waals surface area contributed by atoms with Gasteiger partial charge in [-0.05, 0) is 31.0 Å². The first-order valence-corrected chi connectivity index (χ1v) is 5.43. The standard InChI is InChI=1S/C12H14F3NO/c1-16(2)10-7-8(12(13,14)15)3-6-11(10)17-9-4-5-9/h3,6-7,9H,4-5H2,1-2H3. The van der Waals surface area contributed by atoms with E-state index in [-0.39, 0.29) is 6.10 Å². The number of halogens is 3. The van der Waals surface area contributed by atoms with E-state index in [1.54, 1.807) is 19.0 Å². The third kappa shape index (κ3) is 2.84. The summed E-state index contributed by atoms with van der Waals surface area (Å²) in [5, 5.41) is 0. The molecule has 0 unspecified atom stereocenters. The highest BCUT2D eigenvalue weighted by molar-refractivity contribution is 5.59. The van der Waals surface area contributed by atoms with E-state index in [1.165, 1.54) is 6.07 Å². The Morgan fingerprint density at radius 1 is 1.24 bits per heavy atom. The molecular weight excluding hydrogens is 231 g/mol. The monoisotopic (exact) mass is 245 g/mol. The summed E-state index contributed by atoms with van der Waals surface area (Å²) < 4.78 is 43.3. The lowest BCUT2D eigenvalue weighted by Gasteiger charge is -2.19. The molecule has 2 nitrogen and oxygen atoms in total. The van der Waals surface area contributed by atoms with Crippen LogP contribution in [0.15, 0.2) is 18.2 Å². The smallest absolute Gasteiger partial charge is 0.416 e. The van der Waals surface area contributed by atoms with Crippen molar-refractivity contribution >= 4 is 5.69 Å². The van der Waals surface area contributed by atoms with Crippen molar-refractivity contribution in [3.05, 3.63) is 23.8 Å². The fraction of sp³-hybridized carbons (Fsp3) is 0.500. The number of hydrogen-bond acceptors (Lipinski definition) is 2. The van der Waals surface area contributed by atoms with Gasteiger partial charge in [0.2, 0.25) is 0 Å². The normalized spacial score (nSPS) is 15.8. The fourth-order valence-electron chi connectivity index (χ4n) is 1.51. The van der Waals surface area contributed by atoms with Crippen LogP contribution in [0, 0.1) is 0 Å². The summed E-state index contributed by atoms with van der Waals surface area (Å²) in [4.78, 5) is 1.63. The van der Waals surface area contributed by atoms with Crippen LogP contribution < -0.4 is 9.64 Å². The molecule has 17 heavy (non-hydrogen) atoms. The Kier molecular flexibility index (Phi) is 2.93. The summed E-state index contributed by atoms with van der Waals surface area (Å²) in [6.07, 6.45) is -2.18. The number of anilines is 1. The number of hydrogen-bond donors (Lipinski definition) is 0. The van der Waals surface area contributed by atoms with Gasteiger partial charge in [0.05, 0.1) is 17.4 Å². The summed E-state index contributed by atoms with van der Waals surface area (Å²) in [5.74, 6) is 0.519. The summed E-state index contributed by atoms with van der Waals surface area (Å²) in [5.41, 5.74) is -0.184. The van der Waals surface area contributed by atoms with E-state index in [0.29, 0.717) is 11.4 Å². The number of alkyl halides is 3. The van der Waals surface area contributed by atoms with Crippen molar-refractivity contribution in [1.29, 1.82) is 0 Å². The molecule has 5 heteroatoms. The maximum atomic E-state index is 12.6. The van der Waals surface area contributed by atoms with Crippen LogP contribution in [0.4, 0.5) is 18.9 Å². The third-order valence-corrected chi connectivity index (χ3v) is 2.59. The van der Waals surface area contributed by atoms with Crippen LogP contribution in [0.3, 0.4) is 0 Å². The van der Waals surface area contributed by atoms with Gasteiger partial charge in [-0.1, -0.05) is 0 Å². The molecule has 1 aliphatic rings. The number of nitrogens with zero attached hydrogens (tertiary/aromatic N) is 1. The van der Waals surface area contributed by atoms with Gasteiger partial charge in [0.25, 0.3) is 0 Å². The van der Waals surface area contributed by atoms with Crippen molar-refractivity contribution in [2.45, 2.75) is 25.1 Å². The molecular formula is C12H14F3NO. The quantitative estimate of drug-likeness (QED) is 0.810. The van der Waals surface area contributed by atoms with E-state index < -0.39 is 11.7 Å². The van der Waals surface area contributed by atoms with Gasteiger partial charge in [-0.2, -0.15) is 13.2 Å². The van der Waals surface area contributed by atoms with Crippen LogP contribution in [0.5, 0.6) is 5.75 Å². The highest BCUT2D eigenvalue weighted by Gasteiger charge is 2.32. The molecule has 0 amide bonds. The van der Waals surface area contributed by atoms with E-state index in [0.717, 1.165) is 25.0 Å². The van der Waals surface area contributed by atoms with Gasteiger partial charge in [0, 0.05) is 14.1 Å². The molecule has 0 radical (unpaired) electrons. The van der Waals surface area contributed by atoms with Gasteiger partial charge in [-0.3, -0.25) is 0 Å². The lowest BCUT2D eigenvalue weighted by molar-refractivity contribution is -0.137. The van der Waals surface area contributed by atoms with Gasteiger partial charge < -0.3 is 9.64 Å². The second-order valence-electron chi connectivity index (χ2n) is 4.39. The molecule has 2 rings (SSSR count). The van der Waals surface area contributed by atoms with E-state index in [2.05, 4.69) is 0 Å². The maximum Gasteiger partial charge on any atom is 0.416 e. The van der Waals surface area contributed by atoms with E-state index in [9.17, 15) is 13.2 Å². The van der Waals surface area contributed by atoms with Crippen LogP contribution in [0.2, 0.25) is 0 Å². The minimum atomic E-state index is -4.32. The Hall–Kier alpha value is -1.39. The van der Waals surface area contributed by atoms with E-state index >= 15 is 0 Å². The predicted molar refractivity (Wildman–Crippen MR) is 59.4 cm³/mol. The van der Waals surface area contributed by atoms with Crippen LogP contribution in [-0.2, 0) is 6.18 Å². The molecule has 0 saturated heterocycles. The highest BCUT2D eigenvalue weighted by atomic mass is 19.4. The minimum absolute atomic E-state index is 0.172. The van der Waals surface area contributed by atoms with Crippen molar-refractivity contribution in [2.24, 2.45) is 0 Å². The minimum Gasteiger partial charge on any atom is -0.488 e. The molecule has 0 aliphatic heterocycles. The summed E-state index contributed by atoms with van der Waals surface area (Å²) >= 11 is 0.